The standard InChI is InChI=1S/C20H37N5O7/c1-11(2)10-15(20(31)32)25-19(30)14(7-8-16(26)27)24-18(29)13(6-4-5-9-21)23-17(28)12(3)22/h11-15H,4-10,21-22H2,1-3H3,(H,23,28)(H,24,29)(H,25,30)(H,26,27)(H,31,32). The first-order chi connectivity index (χ1) is 14.9. The first-order valence-electron chi connectivity index (χ1n) is 10.7. The lowest BCUT2D eigenvalue weighted by molar-refractivity contribution is -0.143. The Balaban J connectivity index is 5.47. The van der Waals surface area contributed by atoms with E-state index in [9.17, 15) is 29.1 Å². The minimum Gasteiger partial charge on any atom is -0.481 e. The topological polar surface area (TPSA) is 214 Å². The second-order valence-corrected chi connectivity index (χ2v) is 8.16. The van der Waals surface area contributed by atoms with E-state index < -0.39 is 60.2 Å². The van der Waals surface area contributed by atoms with Gasteiger partial charge in [-0.1, -0.05) is 13.8 Å². The monoisotopic (exact) mass is 459 g/mol. The molecule has 184 valence electrons. The van der Waals surface area contributed by atoms with E-state index in [1.54, 1.807) is 13.8 Å². The fourth-order valence-corrected chi connectivity index (χ4v) is 2.84. The van der Waals surface area contributed by atoms with Crippen LogP contribution in [0.4, 0.5) is 0 Å². The number of nitrogens with two attached hydrogens (primary N) is 2. The second-order valence-electron chi connectivity index (χ2n) is 8.16. The third kappa shape index (κ3) is 12.2. The zero-order valence-electron chi connectivity index (χ0n) is 18.9. The third-order valence-corrected chi connectivity index (χ3v) is 4.60. The largest absolute Gasteiger partial charge is 0.481 e. The Bertz CT molecular complexity index is 654. The van der Waals surface area contributed by atoms with Crippen LogP contribution in [-0.2, 0) is 24.0 Å². The van der Waals surface area contributed by atoms with Gasteiger partial charge in [-0.3, -0.25) is 19.2 Å². The number of carbonyl (C=O) groups is 5. The minimum absolute atomic E-state index is 0.0242. The van der Waals surface area contributed by atoms with E-state index in [1.807, 2.05) is 0 Å². The van der Waals surface area contributed by atoms with Gasteiger partial charge in [-0.05, 0) is 51.5 Å². The number of hydrogen-bond donors (Lipinski definition) is 7. The molecular formula is C20H37N5O7. The molecule has 0 spiro atoms. The predicted molar refractivity (Wildman–Crippen MR) is 116 cm³/mol. The SMILES string of the molecule is CC(C)CC(NC(=O)C(CCC(=O)O)NC(=O)C(CCCCN)NC(=O)C(C)N)C(=O)O. The highest BCUT2D eigenvalue weighted by molar-refractivity contribution is 5.94. The molecule has 0 rings (SSSR count). The van der Waals surface area contributed by atoms with Crippen molar-refractivity contribution in [2.45, 2.75) is 83.5 Å². The van der Waals surface area contributed by atoms with E-state index in [0.717, 1.165) is 0 Å². The van der Waals surface area contributed by atoms with E-state index in [4.69, 9.17) is 16.6 Å². The molecule has 3 amide bonds. The molecule has 0 aliphatic rings. The van der Waals surface area contributed by atoms with Gasteiger partial charge in [0.05, 0.1) is 6.04 Å². The zero-order valence-corrected chi connectivity index (χ0v) is 18.9. The van der Waals surface area contributed by atoms with Gasteiger partial charge in [-0.2, -0.15) is 0 Å². The Morgan fingerprint density at radius 1 is 0.781 bits per heavy atom. The van der Waals surface area contributed by atoms with Gasteiger partial charge in [-0.25, -0.2) is 4.79 Å². The molecule has 0 bridgehead atoms. The highest BCUT2D eigenvalue weighted by Crippen LogP contribution is 2.08. The second kappa shape index (κ2) is 15.1. The van der Waals surface area contributed by atoms with Crippen LogP contribution in [0.25, 0.3) is 0 Å². The number of rotatable bonds is 16. The van der Waals surface area contributed by atoms with Crippen LogP contribution in [-0.4, -0.2) is 70.6 Å². The van der Waals surface area contributed by atoms with Crippen LogP contribution in [0.1, 0.15) is 59.3 Å². The molecule has 0 aliphatic carbocycles. The number of aliphatic carboxylic acids is 2. The van der Waals surface area contributed by atoms with Gasteiger partial charge in [-0.15, -0.1) is 0 Å². The van der Waals surface area contributed by atoms with Gasteiger partial charge in [0.1, 0.15) is 18.1 Å². The summed E-state index contributed by atoms with van der Waals surface area (Å²) in [7, 11) is 0. The molecule has 0 aromatic heterocycles. The summed E-state index contributed by atoms with van der Waals surface area (Å²) < 4.78 is 0. The zero-order chi connectivity index (χ0) is 24.8. The lowest BCUT2D eigenvalue weighted by Crippen LogP contribution is -2.57. The van der Waals surface area contributed by atoms with E-state index >= 15 is 0 Å². The first-order valence-corrected chi connectivity index (χ1v) is 10.7. The van der Waals surface area contributed by atoms with E-state index in [2.05, 4.69) is 16.0 Å². The molecule has 0 aromatic carbocycles. The number of nitrogens with one attached hydrogen (secondary N) is 3. The fraction of sp³-hybridized carbons (Fsp3) is 0.750. The van der Waals surface area contributed by atoms with Crippen LogP contribution in [0.5, 0.6) is 0 Å². The summed E-state index contributed by atoms with van der Waals surface area (Å²) in [5, 5.41) is 25.6. The molecule has 0 aromatic rings. The summed E-state index contributed by atoms with van der Waals surface area (Å²) in [6, 6.07) is -4.36. The number of carbonyl (C=O) groups excluding carboxylic acids is 3. The smallest absolute Gasteiger partial charge is 0.326 e. The Kier molecular flexibility index (Phi) is 13.8. The van der Waals surface area contributed by atoms with Crippen LogP contribution in [0.3, 0.4) is 0 Å². The van der Waals surface area contributed by atoms with Crippen molar-refractivity contribution >= 4 is 29.7 Å². The summed E-state index contributed by atoms with van der Waals surface area (Å²) in [4.78, 5) is 59.9. The van der Waals surface area contributed by atoms with Crippen molar-refractivity contribution in [1.29, 1.82) is 0 Å². The normalized spacial score (nSPS) is 14.7. The van der Waals surface area contributed by atoms with Gasteiger partial charge in [0, 0.05) is 6.42 Å². The van der Waals surface area contributed by atoms with Crippen molar-refractivity contribution in [2.24, 2.45) is 17.4 Å². The number of amides is 3. The lowest BCUT2D eigenvalue weighted by atomic mass is 10.0. The first kappa shape index (κ1) is 29.3. The molecule has 12 nitrogen and oxygen atoms in total. The van der Waals surface area contributed by atoms with Crippen molar-refractivity contribution in [3.63, 3.8) is 0 Å². The van der Waals surface area contributed by atoms with Crippen LogP contribution < -0.4 is 27.4 Å². The number of carboxylic acids is 2. The van der Waals surface area contributed by atoms with Crippen LogP contribution in [0, 0.1) is 5.92 Å². The number of carboxylic acid groups (broad SMARTS) is 2. The van der Waals surface area contributed by atoms with Crippen molar-refractivity contribution in [3.05, 3.63) is 0 Å². The van der Waals surface area contributed by atoms with Gasteiger partial charge < -0.3 is 37.6 Å². The van der Waals surface area contributed by atoms with Crippen LogP contribution in [0.15, 0.2) is 0 Å². The highest BCUT2D eigenvalue weighted by atomic mass is 16.4. The van der Waals surface area contributed by atoms with Crippen molar-refractivity contribution in [1.82, 2.24) is 16.0 Å². The maximum atomic E-state index is 12.8. The minimum atomic E-state index is -1.29. The van der Waals surface area contributed by atoms with Crippen molar-refractivity contribution in [2.75, 3.05) is 6.54 Å². The Hall–Kier alpha value is -2.73. The summed E-state index contributed by atoms with van der Waals surface area (Å²) >= 11 is 0. The van der Waals surface area contributed by atoms with Gasteiger partial charge >= 0.3 is 11.9 Å². The molecule has 9 N–H and O–H groups in total. The van der Waals surface area contributed by atoms with Crippen LogP contribution in [0.2, 0.25) is 0 Å². The average Bonchev–Trinajstić information content (AvgIpc) is 2.68. The van der Waals surface area contributed by atoms with E-state index in [0.29, 0.717) is 19.4 Å². The Morgan fingerprint density at radius 3 is 1.72 bits per heavy atom. The quantitative estimate of drug-likeness (QED) is 0.139. The maximum Gasteiger partial charge on any atom is 0.326 e. The van der Waals surface area contributed by atoms with Gasteiger partial charge in [0.25, 0.3) is 0 Å². The van der Waals surface area contributed by atoms with Crippen LogP contribution >= 0.6 is 0 Å². The Labute approximate surface area is 187 Å². The summed E-state index contributed by atoms with van der Waals surface area (Å²) in [5.41, 5.74) is 11.0. The van der Waals surface area contributed by atoms with E-state index in [1.165, 1.54) is 6.92 Å². The predicted octanol–water partition coefficient (Wildman–Crippen LogP) is -1.09. The molecule has 0 aliphatic heterocycles. The molecule has 4 atom stereocenters. The molecule has 0 saturated heterocycles. The van der Waals surface area contributed by atoms with E-state index in [-0.39, 0.29) is 25.2 Å². The summed E-state index contributed by atoms with van der Waals surface area (Å²) in [5.74, 6) is -4.52. The lowest BCUT2D eigenvalue weighted by Gasteiger charge is -2.25. The molecule has 0 saturated carbocycles. The molecule has 12 heteroatoms. The molecule has 0 radical (unpaired) electrons. The summed E-state index contributed by atoms with van der Waals surface area (Å²) in [6.07, 6.45) is 0.847. The van der Waals surface area contributed by atoms with Gasteiger partial charge in [0.15, 0.2) is 0 Å². The molecule has 32 heavy (non-hydrogen) atoms. The highest BCUT2D eigenvalue weighted by Gasteiger charge is 2.30. The van der Waals surface area contributed by atoms with Crippen molar-refractivity contribution in [3.8, 4) is 0 Å². The molecular weight excluding hydrogens is 422 g/mol. The molecule has 0 heterocycles. The average molecular weight is 460 g/mol. The number of unbranched alkanes of at least 4 members (excludes halogenated alkanes) is 1. The molecule has 4 unspecified atom stereocenters. The Morgan fingerprint density at radius 2 is 1.28 bits per heavy atom. The fourth-order valence-electron chi connectivity index (χ4n) is 2.84. The summed E-state index contributed by atoms with van der Waals surface area (Å²) in [6.45, 7) is 5.43. The van der Waals surface area contributed by atoms with Gasteiger partial charge in [0.2, 0.25) is 17.7 Å². The number of hydrogen-bond acceptors (Lipinski definition) is 7. The van der Waals surface area contributed by atoms with Crippen molar-refractivity contribution < 1.29 is 34.2 Å². The third-order valence-electron chi connectivity index (χ3n) is 4.60. The maximum absolute atomic E-state index is 12.8. The molecule has 0 fully saturated rings.